The first-order chi connectivity index (χ1) is 13.4. The third-order valence-corrected chi connectivity index (χ3v) is 6.39. The van der Waals surface area contributed by atoms with E-state index >= 15 is 0 Å². The number of thiophene rings is 1. The minimum atomic E-state index is -0.738. The lowest BCUT2D eigenvalue weighted by Crippen LogP contribution is -2.24. The Labute approximate surface area is 165 Å². The van der Waals surface area contributed by atoms with E-state index < -0.39 is 11.5 Å². The summed E-state index contributed by atoms with van der Waals surface area (Å²) >= 11 is 1.47. The van der Waals surface area contributed by atoms with Crippen molar-refractivity contribution in [3.05, 3.63) is 56.2 Å². The summed E-state index contributed by atoms with van der Waals surface area (Å²) in [6.07, 6.45) is 2.72. The van der Waals surface area contributed by atoms with Gasteiger partial charge in [-0.15, -0.1) is 11.3 Å². The first kappa shape index (κ1) is 18.4. The zero-order valence-electron chi connectivity index (χ0n) is 15.6. The SMILES string of the molecule is CC(=O)c1ccccc1NC(=O)c1c(O)c2c3c(sc2[nH]c1=O)CC(C)CC3. The maximum Gasteiger partial charge on any atom is 0.265 e. The summed E-state index contributed by atoms with van der Waals surface area (Å²) in [5.74, 6) is -0.673. The van der Waals surface area contributed by atoms with E-state index in [0.29, 0.717) is 27.4 Å². The standard InChI is InChI=1S/C21H20N2O4S/c1-10-7-8-13-15(9-10)28-21-16(13)18(25)17(20(27)23-21)19(26)22-14-6-4-3-5-12(14)11(2)24/h3-6,10H,7-9H2,1-2H3,(H,22,26)(H2,23,25,27). The molecule has 3 N–H and O–H groups in total. The van der Waals surface area contributed by atoms with E-state index in [1.54, 1.807) is 24.3 Å². The number of aryl methyl sites for hydroxylation is 1. The summed E-state index contributed by atoms with van der Waals surface area (Å²) in [4.78, 5) is 41.6. The maximum absolute atomic E-state index is 12.8. The lowest BCUT2D eigenvalue weighted by molar-refractivity contribution is 0.101. The number of pyridine rings is 1. The number of hydrogen-bond acceptors (Lipinski definition) is 5. The van der Waals surface area contributed by atoms with Crippen LogP contribution in [0.25, 0.3) is 10.2 Å². The highest BCUT2D eigenvalue weighted by atomic mass is 32.1. The molecule has 0 bridgehead atoms. The molecule has 1 aliphatic rings. The van der Waals surface area contributed by atoms with Crippen LogP contribution in [0.3, 0.4) is 0 Å². The number of aromatic amines is 1. The molecule has 0 fully saturated rings. The average molecular weight is 396 g/mol. The lowest BCUT2D eigenvalue weighted by Gasteiger charge is -2.18. The lowest BCUT2D eigenvalue weighted by atomic mass is 9.89. The molecule has 0 aliphatic heterocycles. The zero-order chi connectivity index (χ0) is 20.0. The van der Waals surface area contributed by atoms with Crippen molar-refractivity contribution in [1.82, 2.24) is 4.98 Å². The number of fused-ring (bicyclic) bond motifs is 3. The number of anilines is 1. The Balaban J connectivity index is 1.80. The molecule has 1 aromatic carbocycles. The van der Waals surface area contributed by atoms with Crippen molar-refractivity contribution in [2.45, 2.75) is 33.1 Å². The van der Waals surface area contributed by atoms with Crippen molar-refractivity contribution < 1.29 is 14.7 Å². The minimum absolute atomic E-state index is 0.203. The predicted molar refractivity (Wildman–Crippen MR) is 110 cm³/mol. The van der Waals surface area contributed by atoms with E-state index in [1.165, 1.54) is 18.3 Å². The molecule has 6 nitrogen and oxygen atoms in total. The number of rotatable bonds is 3. The fourth-order valence-corrected chi connectivity index (χ4v) is 5.19. The summed E-state index contributed by atoms with van der Waals surface area (Å²) in [7, 11) is 0. The van der Waals surface area contributed by atoms with Crippen LogP contribution in [0.4, 0.5) is 5.69 Å². The third-order valence-electron chi connectivity index (χ3n) is 5.22. The Bertz CT molecular complexity index is 1180. The normalized spacial score (nSPS) is 16.0. The number of nitrogens with one attached hydrogen (secondary N) is 2. The van der Waals surface area contributed by atoms with Crippen molar-refractivity contribution >= 4 is 38.9 Å². The highest BCUT2D eigenvalue weighted by Crippen LogP contribution is 2.41. The molecule has 144 valence electrons. The van der Waals surface area contributed by atoms with Gasteiger partial charge in [0.2, 0.25) is 0 Å². The van der Waals surface area contributed by atoms with Gasteiger partial charge in [0.1, 0.15) is 16.1 Å². The number of hydrogen-bond donors (Lipinski definition) is 3. The largest absolute Gasteiger partial charge is 0.506 e. The van der Waals surface area contributed by atoms with Crippen molar-refractivity contribution in [2.75, 3.05) is 5.32 Å². The Hall–Kier alpha value is -2.93. The molecule has 0 saturated carbocycles. The number of aromatic hydroxyl groups is 1. The second-order valence-electron chi connectivity index (χ2n) is 7.29. The molecule has 2 aromatic heterocycles. The first-order valence-electron chi connectivity index (χ1n) is 9.17. The van der Waals surface area contributed by atoms with Gasteiger partial charge in [-0.3, -0.25) is 14.4 Å². The van der Waals surface area contributed by atoms with Crippen LogP contribution in [0, 0.1) is 5.92 Å². The van der Waals surface area contributed by atoms with Gasteiger partial charge in [0, 0.05) is 10.4 Å². The van der Waals surface area contributed by atoms with Gasteiger partial charge < -0.3 is 15.4 Å². The summed E-state index contributed by atoms with van der Waals surface area (Å²) in [6, 6.07) is 6.57. The summed E-state index contributed by atoms with van der Waals surface area (Å²) in [5, 5.41) is 14.0. The molecule has 4 rings (SSSR count). The topological polar surface area (TPSA) is 99.3 Å². The Morgan fingerprint density at radius 1 is 1.29 bits per heavy atom. The van der Waals surface area contributed by atoms with Crippen LogP contribution in [0.2, 0.25) is 0 Å². The van der Waals surface area contributed by atoms with Gasteiger partial charge in [-0.25, -0.2) is 0 Å². The van der Waals surface area contributed by atoms with E-state index in [1.807, 2.05) is 0 Å². The van der Waals surface area contributed by atoms with Crippen LogP contribution in [0.1, 0.15) is 51.4 Å². The van der Waals surface area contributed by atoms with Crippen LogP contribution < -0.4 is 10.9 Å². The number of carbonyl (C=O) groups is 2. The van der Waals surface area contributed by atoms with Crippen LogP contribution in [0.5, 0.6) is 5.75 Å². The van der Waals surface area contributed by atoms with E-state index in [9.17, 15) is 19.5 Å². The Kier molecular flexibility index (Phi) is 4.55. The third kappa shape index (κ3) is 3.01. The first-order valence-corrected chi connectivity index (χ1v) is 9.99. The van der Waals surface area contributed by atoms with E-state index in [4.69, 9.17) is 0 Å². The molecule has 1 unspecified atom stereocenters. The fraction of sp³-hybridized carbons (Fsp3) is 0.286. The van der Waals surface area contributed by atoms with Gasteiger partial charge in [0.05, 0.1) is 11.1 Å². The van der Waals surface area contributed by atoms with Crippen LogP contribution in [0.15, 0.2) is 29.1 Å². The molecule has 0 radical (unpaired) electrons. The minimum Gasteiger partial charge on any atom is -0.506 e. The van der Waals surface area contributed by atoms with E-state index in [-0.39, 0.29) is 17.1 Å². The predicted octanol–water partition coefficient (Wildman–Crippen LogP) is 3.87. The van der Waals surface area contributed by atoms with E-state index in [2.05, 4.69) is 17.2 Å². The van der Waals surface area contributed by atoms with Crippen molar-refractivity contribution in [2.24, 2.45) is 5.92 Å². The number of para-hydroxylation sites is 1. The Morgan fingerprint density at radius 3 is 2.79 bits per heavy atom. The quantitative estimate of drug-likeness (QED) is 0.585. The second kappa shape index (κ2) is 6.91. The van der Waals surface area contributed by atoms with Gasteiger partial charge in [0.15, 0.2) is 5.78 Å². The van der Waals surface area contributed by atoms with Crippen LogP contribution >= 0.6 is 11.3 Å². The molecule has 1 amide bonds. The number of Topliss-reactive ketones (excluding diaryl/α,β-unsaturated/α-hetero) is 1. The number of H-pyrrole nitrogens is 1. The molecule has 1 atom stereocenters. The molecule has 1 aliphatic carbocycles. The van der Waals surface area contributed by atoms with Crippen LogP contribution in [-0.2, 0) is 12.8 Å². The van der Waals surface area contributed by atoms with Crippen molar-refractivity contribution in [3.8, 4) is 5.75 Å². The second-order valence-corrected chi connectivity index (χ2v) is 8.39. The molecular weight excluding hydrogens is 376 g/mol. The Morgan fingerprint density at radius 2 is 2.04 bits per heavy atom. The molecule has 3 aromatic rings. The highest BCUT2D eigenvalue weighted by Gasteiger charge is 2.27. The number of aromatic nitrogens is 1. The molecular formula is C21H20N2O4S. The highest BCUT2D eigenvalue weighted by molar-refractivity contribution is 7.18. The monoisotopic (exact) mass is 396 g/mol. The smallest absolute Gasteiger partial charge is 0.265 e. The number of ketones is 1. The number of amides is 1. The molecule has 0 spiro atoms. The molecule has 7 heteroatoms. The summed E-state index contributed by atoms with van der Waals surface area (Å²) in [5.41, 5.74) is 0.694. The molecule has 28 heavy (non-hydrogen) atoms. The molecule has 2 heterocycles. The zero-order valence-corrected chi connectivity index (χ0v) is 16.4. The van der Waals surface area contributed by atoms with Gasteiger partial charge in [0.25, 0.3) is 11.5 Å². The van der Waals surface area contributed by atoms with Crippen molar-refractivity contribution in [3.63, 3.8) is 0 Å². The van der Waals surface area contributed by atoms with Crippen LogP contribution in [-0.4, -0.2) is 21.8 Å². The van der Waals surface area contributed by atoms with Crippen molar-refractivity contribution in [1.29, 1.82) is 0 Å². The number of benzene rings is 1. The summed E-state index contributed by atoms with van der Waals surface area (Å²) < 4.78 is 0. The summed E-state index contributed by atoms with van der Waals surface area (Å²) in [6.45, 7) is 3.58. The van der Waals surface area contributed by atoms with Gasteiger partial charge in [-0.1, -0.05) is 19.1 Å². The average Bonchev–Trinajstić information content (AvgIpc) is 2.99. The van der Waals surface area contributed by atoms with Gasteiger partial charge in [-0.2, -0.15) is 0 Å². The van der Waals surface area contributed by atoms with Gasteiger partial charge >= 0.3 is 0 Å². The number of carbonyl (C=O) groups excluding carboxylic acids is 2. The fourth-order valence-electron chi connectivity index (χ4n) is 3.78. The molecule has 0 saturated heterocycles. The van der Waals surface area contributed by atoms with E-state index in [0.717, 1.165) is 29.7 Å². The maximum atomic E-state index is 12.8. The van der Waals surface area contributed by atoms with Gasteiger partial charge in [-0.05, 0) is 49.8 Å².